The SMILES string of the molecule is CC1CC1CN(C)C(=O)N1CCCC(C)(C(=O)O)C1. The predicted octanol–water partition coefficient (Wildman–Crippen LogP) is 1.88. The molecule has 0 spiro atoms. The highest BCUT2D eigenvalue weighted by atomic mass is 16.4. The number of likely N-dealkylation sites (tertiary alicyclic amines) is 1. The van der Waals surface area contributed by atoms with Crippen molar-refractivity contribution in [2.75, 3.05) is 26.7 Å². The first kappa shape index (κ1) is 14.2. The van der Waals surface area contributed by atoms with Gasteiger partial charge < -0.3 is 14.9 Å². The number of carboxylic acids is 1. The van der Waals surface area contributed by atoms with Crippen molar-refractivity contribution in [3.05, 3.63) is 0 Å². The zero-order chi connectivity index (χ0) is 14.2. The Bertz CT molecular complexity index is 385. The summed E-state index contributed by atoms with van der Waals surface area (Å²) in [6, 6.07) is -0.0220. The van der Waals surface area contributed by atoms with Gasteiger partial charge in [0, 0.05) is 26.7 Å². The van der Waals surface area contributed by atoms with Crippen molar-refractivity contribution < 1.29 is 14.7 Å². The van der Waals surface area contributed by atoms with Crippen molar-refractivity contribution in [1.82, 2.24) is 9.80 Å². The lowest BCUT2D eigenvalue weighted by Gasteiger charge is -2.39. The van der Waals surface area contributed by atoms with Crippen LogP contribution in [0.3, 0.4) is 0 Å². The Morgan fingerprint density at radius 3 is 2.63 bits per heavy atom. The highest BCUT2D eigenvalue weighted by Gasteiger charge is 2.41. The number of carbonyl (C=O) groups excluding carboxylic acids is 1. The molecule has 0 aromatic heterocycles. The maximum Gasteiger partial charge on any atom is 0.319 e. The molecule has 1 N–H and O–H groups in total. The van der Waals surface area contributed by atoms with Gasteiger partial charge in [-0.3, -0.25) is 4.79 Å². The fraction of sp³-hybridized carbons (Fsp3) is 0.857. The first-order valence-electron chi connectivity index (χ1n) is 7.07. The van der Waals surface area contributed by atoms with Crippen LogP contribution in [0.2, 0.25) is 0 Å². The van der Waals surface area contributed by atoms with Crippen LogP contribution in [0.25, 0.3) is 0 Å². The fourth-order valence-electron chi connectivity index (χ4n) is 2.90. The van der Waals surface area contributed by atoms with Gasteiger partial charge in [0.2, 0.25) is 0 Å². The van der Waals surface area contributed by atoms with Gasteiger partial charge >= 0.3 is 12.0 Å². The Hall–Kier alpha value is -1.26. The first-order chi connectivity index (χ1) is 8.83. The highest BCUT2D eigenvalue weighted by Crippen LogP contribution is 2.38. The summed E-state index contributed by atoms with van der Waals surface area (Å²) in [5.41, 5.74) is -0.790. The maximum atomic E-state index is 12.3. The highest BCUT2D eigenvalue weighted by molar-refractivity contribution is 5.78. The second-order valence-corrected chi connectivity index (χ2v) is 6.53. The van der Waals surface area contributed by atoms with Gasteiger partial charge in [0.25, 0.3) is 0 Å². The minimum absolute atomic E-state index is 0.0220. The molecule has 1 heterocycles. The quantitative estimate of drug-likeness (QED) is 0.850. The third-order valence-corrected chi connectivity index (χ3v) is 4.59. The lowest BCUT2D eigenvalue weighted by molar-refractivity contribution is -0.150. The molecule has 3 atom stereocenters. The zero-order valence-electron chi connectivity index (χ0n) is 12.1. The van der Waals surface area contributed by atoms with Gasteiger partial charge in [0.1, 0.15) is 0 Å². The molecule has 2 fully saturated rings. The largest absolute Gasteiger partial charge is 0.481 e. The van der Waals surface area contributed by atoms with Crippen LogP contribution in [0, 0.1) is 17.3 Å². The van der Waals surface area contributed by atoms with Crippen LogP contribution < -0.4 is 0 Å². The molecule has 2 aliphatic rings. The molecule has 108 valence electrons. The predicted molar refractivity (Wildman–Crippen MR) is 71.8 cm³/mol. The monoisotopic (exact) mass is 268 g/mol. The number of piperidine rings is 1. The lowest BCUT2D eigenvalue weighted by atomic mass is 9.82. The van der Waals surface area contributed by atoms with E-state index in [4.69, 9.17) is 0 Å². The molecule has 0 radical (unpaired) electrons. The number of amides is 2. The van der Waals surface area contributed by atoms with E-state index in [-0.39, 0.29) is 6.03 Å². The Labute approximate surface area is 114 Å². The van der Waals surface area contributed by atoms with Crippen molar-refractivity contribution >= 4 is 12.0 Å². The number of carboxylic acid groups (broad SMARTS) is 1. The van der Waals surface area contributed by atoms with Crippen molar-refractivity contribution in [2.45, 2.75) is 33.1 Å². The summed E-state index contributed by atoms with van der Waals surface area (Å²) in [6.45, 7) is 5.72. The smallest absolute Gasteiger partial charge is 0.319 e. The fourth-order valence-corrected chi connectivity index (χ4v) is 2.90. The number of aliphatic carboxylic acids is 1. The van der Waals surface area contributed by atoms with Gasteiger partial charge in [-0.15, -0.1) is 0 Å². The third kappa shape index (κ3) is 3.01. The average molecular weight is 268 g/mol. The topological polar surface area (TPSA) is 60.9 Å². The van der Waals surface area contributed by atoms with E-state index < -0.39 is 11.4 Å². The van der Waals surface area contributed by atoms with Crippen LogP contribution in [0.4, 0.5) is 4.79 Å². The Kier molecular flexibility index (Phi) is 3.74. The lowest BCUT2D eigenvalue weighted by Crippen LogP contribution is -2.52. The Balaban J connectivity index is 1.93. The van der Waals surface area contributed by atoms with Crippen molar-refractivity contribution in [3.8, 4) is 0 Å². The second-order valence-electron chi connectivity index (χ2n) is 6.53. The number of hydrogen-bond donors (Lipinski definition) is 1. The summed E-state index contributed by atoms with van der Waals surface area (Å²) in [7, 11) is 1.82. The number of hydrogen-bond acceptors (Lipinski definition) is 2. The summed E-state index contributed by atoms with van der Waals surface area (Å²) >= 11 is 0. The van der Waals surface area contributed by atoms with E-state index in [9.17, 15) is 14.7 Å². The molecule has 1 aliphatic heterocycles. The van der Waals surface area contributed by atoms with Gasteiger partial charge in [0.15, 0.2) is 0 Å². The molecule has 0 aromatic carbocycles. The molecule has 5 heteroatoms. The van der Waals surface area contributed by atoms with Crippen molar-refractivity contribution in [3.63, 3.8) is 0 Å². The zero-order valence-corrected chi connectivity index (χ0v) is 12.1. The van der Waals surface area contributed by atoms with Gasteiger partial charge in [-0.2, -0.15) is 0 Å². The summed E-state index contributed by atoms with van der Waals surface area (Å²) in [6.07, 6.45) is 2.61. The summed E-state index contributed by atoms with van der Waals surface area (Å²) < 4.78 is 0. The minimum Gasteiger partial charge on any atom is -0.481 e. The molecular weight excluding hydrogens is 244 g/mol. The summed E-state index contributed by atoms with van der Waals surface area (Å²) in [5.74, 6) is 0.550. The Morgan fingerprint density at radius 1 is 1.47 bits per heavy atom. The van der Waals surface area contributed by atoms with Crippen LogP contribution in [0.1, 0.15) is 33.1 Å². The third-order valence-electron chi connectivity index (χ3n) is 4.59. The molecule has 0 aromatic rings. The molecular formula is C14H24N2O3. The number of urea groups is 1. The van der Waals surface area contributed by atoms with Crippen LogP contribution in [-0.2, 0) is 4.79 Å². The second kappa shape index (κ2) is 5.02. The van der Waals surface area contributed by atoms with Crippen molar-refractivity contribution in [2.24, 2.45) is 17.3 Å². The van der Waals surface area contributed by atoms with E-state index in [1.807, 2.05) is 7.05 Å². The van der Waals surface area contributed by atoms with E-state index in [1.165, 1.54) is 6.42 Å². The molecule has 1 aliphatic carbocycles. The first-order valence-corrected chi connectivity index (χ1v) is 7.07. The number of carbonyl (C=O) groups is 2. The van der Waals surface area contributed by atoms with Crippen LogP contribution in [-0.4, -0.2) is 53.6 Å². The normalized spacial score (nSPS) is 33.9. The molecule has 2 amide bonds. The summed E-state index contributed by atoms with van der Waals surface area (Å²) in [4.78, 5) is 27.1. The molecule has 0 bridgehead atoms. The minimum atomic E-state index is -0.802. The van der Waals surface area contributed by atoms with E-state index in [2.05, 4.69) is 6.92 Å². The molecule has 3 unspecified atom stereocenters. The average Bonchev–Trinajstić information content (AvgIpc) is 3.03. The molecule has 2 rings (SSSR count). The Morgan fingerprint density at radius 2 is 2.11 bits per heavy atom. The molecule has 1 saturated heterocycles. The van der Waals surface area contributed by atoms with E-state index >= 15 is 0 Å². The number of nitrogens with zero attached hydrogens (tertiary/aromatic N) is 2. The molecule has 5 nitrogen and oxygen atoms in total. The molecule has 1 saturated carbocycles. The van der Waals surface area contributed by atoms with Crippen LogP contribution in [0.5, 0.6) is 0 Å². The van der Waals surface area contributed by atoms with Gasteiger partial charge in [-0.05, 0) is 38.0 Å². The van der Waals surface area contributed by atoms with Gasteiger partial charge in [-0.1, -0.05) is 6.92 Å². The number of rotatable bonds is 3. The summed E-state index contributed by atoms with van der Waals surface area (Å²) in [5, 5.41) is 9.27. The van der Waals surface area contributed by atoms with E-state index in [0.717, 1.165) is 18.9 Å². The standard InChI is InChI=1S/C14H24N2O3/c1-10-7-11(10)8-15(3)13(19)16-6-4-5-14(2,9-16)12(17)18/h10-11H,4-9H2,1-3H3,(H,17,18). The van der Waals surface area contributed by atoms with Gasteiger partial charge in [0.05, 0.1) is 5.41 Å². The van der Waals surface area contributed by atoms with Crippen LogP contribution in [0.15, 0.2) is 0 Å². The molecule has 19 heavy (non-hydrogen) atoms. The van der Waals surface area contributed by atoms with Gasteiger partial charge in [-0.25, -0.2) is 4.79 Å². The van der Waals surface area contributed by atoms with Crippen molar-refractivity contribution in [1.29, 1.82) is 0 Å². The maximum absolute atomic E-state index is 12.3. The van der Waals surface area contributed by atoms with E-state index in [1.54, 1.807) is 16.7 Å². The van der Waals surface area contributed by atoms with E-state index in [0.29, 0.717) is 25.4 Å². The van der Waals surface area contributed by atoms with Crippen LogP contribution >= 0.6 is 0 Å².